The van der Waals surface area contributed by atoms with E-state index in [2.05, 4.69) is 35.0 Å². The third kappa shape index (κ3) is 3.59. The van der Waals surface area contributed by atoms with Crippen molar-refractivity contribution in [2.24, 2.45) is 11.8 Å². The number of benzene rings is 1. The van der Waals surface area contributed by atoms with Gasteiger partial charge in [0.05, 0.1) is 6.61 Å². The first-order valence-electron chi connectivity index (χ1n) is 8.25. The second-order valence-corrected chi connectivity index (χ2v) is 8.21. The Morgan fingerprint density at radius 3 is 3.00 bits per heavy atom. The molecule has 1 fully saturated rings. The maximum atomic E-state index is 6.29. The van der Waals surface area contributed by atoms with Crippen LogP contribution in [0.5, 0.6) is 5.75 Å². The monoisotopic (exact) mass is 370 g/mol. The van der Waals surface area contributed by atoms with Crippen LogP contribution < -0.4 is 4.74 Å². The van der Waals surface area contributed by atoms with Crippen LogP contribution in [0.15, 0.2) is 12.1 Å². The van der Waals surface area contributed by atoms with Gasteiger partial charge in [-0.3, -0.25) is 0 Å². The van der Waals surface area contributed by atoms with E-state index in [0.29, 0.717) is 10.7 Å². The molecule has 3 heteroatoms. The molecule has 3 unspecified atom stereocenters. The zero-order valence-electron chi connectivity index (χ0n) is 12.7. The van der Waals surface area contributed by atoms with Crippen LogP contribution in [-0.4, -0.2) is 11.4 Å². The van der Waals surface area contributed by atoms with Crippen molar-refractivity contribution in [2.75, 3.05) is 6.61 Å². The van der Waals surface area contributed by atoms with Crippen molar-refractivity contribution in [1.29, 1.82) is 0 Å². The minimum Gasteiger partial charge on any atom is -0.493 e. The van der Waals surface area contributed by atoms with Crippen LogP contribution in [0.2, 0.25) is 5.02 Å². The number of hydrogen-bond acceptors (Lipinski definition) is 1. The van der Waals surface area contributed by atoms with E-state index in [1.54, 1.807) is 0 Å². The Balaban J connectivity index is 1.76. The largest absolute Gasteiger partial charge is 0.493 e. The van der Waals surface area contributed by atoms with Gasteiger partial charge in [-0.1, -0.05) is 47.3 Å². The highest BCUT2D eigenvalue weighted by Gasteiger charge is 2.30. The Labute approximate surface area is 141 Å². The molecule has 0 aromatic heterocycles. The summed E-state index contributed by atoms with van der Waals surface area (Å²) in [6.45, 7) is 3.11. The molecule has 1 aliphatic carbocycles. The first-order valence-corrected chi connectivity index (χ1v) is 9.55. The number of halogens is 2. The van der Waals surface area contributed by atoms with E-state index >= 15 is 0 Å². The van der Waals surface area contributed by atoms with Gasteiger partial charge in [0.2, 0.25) is 0 Å². The minimum atomic E-state index is 0.640. The van der Waals surface area contributed by atoms with Crippen molar-refractivity contribution in [3.05, 3.63) is 28.3 Å². The SMILES string of the molecule is CCCC1CCC(Br)C(Cc2cc(Cl)cc3c2OCC3)C1. The number of alkyl halides is 1. The van der Waals surface area contributed by atoms with E-state index < -0.39 is 0 Å². The maximum Gasteiger partial charge on any atom is 0.125 e. The number of rotatable bonds is 4. The van der Waals surface area contributed by atoms with Crippen LogP contribution in [0.4, 0.5) is 0 Å². The van der Waals surface area contributed by atoms with Crippen molar-refractivity contribution >= 4 is 27.5 Å². The average Bonchev–Trinajstić information content (AvgIpc) is 2.91. The second-order valence-electron chi connectivity index (χ2n) is 6.60. The van der Waals surface area contributed by atoms with Gasteiger partial charge in [-0.25, -0.2) is 0 Å². The van der Waals surface area contributed by atoms with Crippen LogP contribution in [0.1, 0.15) is 50.2 Å². The maximum absolute atomic E-state index is 6.29. The van der Waals surface area contributed by atoms with Gasteiger partial charge in [-0.2, -0.15) is 0 Å². The van der Waals surface area contributed by atoms with Gasteiger partial charge < -0.3 is 4.74 Å². The summed E-state index contributed by atoms with van der Waals surface area (Å²) in [5.41, 5.74) is 2.62. The molecule has 0 radical (unpaired) electrons. The lowest BCUT2D eigenvalue weighted by Gasteiger charge is -2.33. The summed E-state index contributed by atoms with van der Waals surface area (Å²) in [4.78, 5) is 0.640. The van der Waals surface area contributed by atoms with E-state index in [4.69, 9.17) is 16.3 Å². The van der Waals surface area contributed by atoms with Gasteiger partial charge in [0.25, 0.3) is 0 Å². The molecule has 21 heavy (non-hydrogen) atoms. The standard InChI is InChI=1S/C18H24BrClO/c1-2-3-12-4-5-17(19)14(8-12)9-15-11-16(20)10-13-6-7-21-18(13)15/h10-12,14,17H,2-9H2,1H3. The highest BCUT2D eigenvalue weighted by molar-refractivity contribution is 9.09. The van der Waals surface area contributed by atoms with E-state index in [1.807, 2.05) is 0 Å². The topological polar surface area (TPSA) is 9.23 Å². The molecule has 1 nitrogen and oxygen atoms in total. The Morgan fingerprint density at radius 2 is 2.19 bits per heavy atom. The van der Waals surface area contributed by atoms with Crippen molar-refractivity contribution < 1.29 is 4.74 Å². The van der Waals surface area contributed by atoms with Gasteiger partial charge in [0.1, 0.15) is 5.75 Å². The normalized spacial score (nSPS) is 28.2. The molecular weight excluding hydrogens is 348 g/mol. The molecule has 0 N–H and O–H groups in total. The van der Waals surface area contributed by atoms with Gasteiger partial charge in [-0.15, -0.1) is 0 Å². The number of fused-ring (bicyclic) bond motifs is 1. The minimum absolute atomic E-state index is 0.640. The van der Waals surface area contributed by atoms with Gasteiger partial charge >= 0.3 is 0 Å². The van der Waals surface area contributed by atoms with E-state index in [9.17, 15) is 0 Å². The molecule has 0 spiro atoms. The van der Waals surface area contributed by atoms with Crippen LogP contribution >= 0.6 is 27.5 Å². The zero-order valence-corrected chi connectivity index (χ0v) is 15.0. The highest BCUT2D eigenvalue weighted by atomic mass is 79.9. The Hall–Kier alpha value is -0.210. The molecule has 1 aliphatic heterocycles. The van der Waals surface area contributed by atoms with Crippen LogP contribution in [0.25, 0.3) is 0 Å². The van der Waals surface area contributed by atoms with Gasteiger partial charge in [0, 0.05) is 16.3 Å². The zero-order chi connectivity index (χ0) is 14.8. The molecule has 1 aromatic carbocycles. The molecule has 1 aromatic rings. The summed E-state index contributed by atoms with van der Waals surface area (Å²) < 4.78 is 5.86. The Morgan fingerprint density at radius 1 is 1.33 bits per heavy atom. The third-order valence-corrected chi connectivity index (χ3v) is 6.43. The van der Waals surface area contributed by atoms with E-state index in [-0.39, 0.29) is 0 Å². The molecule has 2 aliphatic rings. The van der Waals surface area contributed by atoms with Crippen molar-refractivity contribution in [2.45, 2.75) is 56.7 Å². The summed E-state index contributed by atoms with van der Waals surface area (Å²) in [5, 5.41) is 0.862. The smallest absolute Gasteiger partial charge is 0.125 e. The lowest BCUT2D eigenvalue weighted by atomic mass is 9.76. The second kappa shape index (κ2) is 6.91. The molecule has 116 valence electrons. The lowest BCUT2D eigenvalue weighted by Crippen LogP contribution is -2.27. The van der Waals surface area contributed by atoms with Crippen molar-refractivity contribution in [3.63, 3.8) is 0 Å². The molecule has 3 rings (SSSR count). The first-order chi connectivity index (χ1) is 10.2. The fourth-order valence-electron chi connectivity index (χ4n) is 3.99. The van der Waals surface area contributed by atoms with Gasteiger partial charge in [0.15, 0.2) is 0 Å². The highest BCUT2D eigenvalue weighted by Crippen LogP contribution is 2.41. The molecule has 1 heterocycles. The predicted octanol–water partition coefficient (Wildman–Crippen LogP) is 5.80. The van der Waals surface area contributed by atoms with E-state index in [0.717, 1.165) is 36.1 Å². The molecule has 3 atom stereocenters. The number of hydrogen-bond donors (Lipinski definition) is 0. The van der Waals surface area contributed by atoms with Crippen molar-refractivity contribution in [1.82, 2.24) is 0 Å². The summed E-state index contributed by atoms with van der Waals surface area (Å²) in [7, 11) is 0. The van der Waals surface area contributed by atoms with Crippen molar-refractivity contribution in [3.8, 4) is 5.75 Å². The molecule has 0 amide bonds. The van der Waals surface area contributed by atoms with Crippen LogP contribution in [0, 0.1) is 11.8 Å². The third-order valence-electron chi connectivity index (χ3n) is 5.00. The average molecular weight is 372 g/mol. The summed E-state index contributed by atoms with van der Waals surface area (Å²) in [5.74, 6) is 2.74. The van der Waals surface area contributed by atoms with Crippen LogP contribution in [0.3, 0.4) is 0 Å². The van der Waals surface area contributed by atoms with Gasteiger partial charge in [-0.05, 0) is 60.8 Å². The Kier molecular flexibility index (Phi) is 5.16. The fraction of sp³-hybridized carbons (Fsp3) is 0.667. The predicted molar refractivity (Wildman–Crippen MR) is 92.8 cm³/mol. The number of ether oxygens (including phenoxy) is 1. The fourth-order valence-corrected chi connectivity index (χ4v) is 4.92. The van der Waals surface area contributed by atoms with Crippen LogP contribution in [-0.2, 0) is 12.8 Å². The molecule has 0 bridgehead atoms. The molecular formula is C18H24BrClO. The van der Waals surface area contributed by atoms with E-state index in [1.165, 1.54) is 43.2 Å². The molecule has 0 saturated heterocycles. The summed E-state index contributed by atoms with van der Waals surface area (Å²) >= 11 is 10.2. The summed E-state index contributed by atoms with van der Waals surface area (Å²) in [6, 6.07) is 4.19. The summed E-state index contributed by atoms with van der Waals surface area (Å²) in [6.07, 6.45) is 8.80. The lowest BCUT2D eigenvalue weighted by molar-refractivity contribution is 0.261. The molecule has 1 saturated carbocycles. The quantitative estimate of drug-likeness (QED) is 0.608. The first kappa shape index (κ1) is 15.7. The Bertz CT molecular complexity index is 502.